The molecule has 0 bridgehead atoms. The van der Waals surface area contributed by atoms with E-state index in [2.05, 4.69) is 21.2 Å². The summed E-state index contributed by atoms with van der Waals surface area (Å²) in [6.07, 6.45) is 0. The standard InChI is InChI=1S/C24H21BrN2O4/c1-30-20-10-6-9-17(23(20)31-2)24(29)27-14-21(28)26-19-12-11-16(25)13-18(19)22(27)15-7-4-3-5-8-15/h3-13,22H,14H2,1-2H3,(H,26,28). The molecule has 158 valence electrons. The maximum atomic E-state index is 13.8. The Kier molecular flexibility index (Phi) is 5.95. The van der Waals surface area contributed by atoms with Gasteiger partial charge in [-0.1, -0.05) is 52.3 Å². The lowest BCUT2D eigenvalue weighted by molar-refractivity contribution is -0.117. The van der Waals surface area contributed by atoms with Gasteiger partial charge in [-0.15, -0.1) is 0 Å². The average molecular weight is 481 g/mol. The van der Waals surface area contributed by atoms with Gasteiger partial charge >= 0.3 is 0 Å². The van der Waals surface area contributed by atoms with Crippen molar-refractivity contribution in [2.24, 2.45) is 0 Å². The highest BCUT2D eigenvalue weighted by atomic mass is 79.9. The zero-order valence-electron chi connectivity index (χ0n) is 17.1. The van der Waals surface area contributed by atoms with Crippen LogP contribution < -0.4 is 14.8 Å². The highest BCUT2D eigenvalue weighted by Gasteiger charge is 2.35. The molecule has 0 aliphatic carbocycles. The fraction of sp³-hybridized carbons (Fsp3) is 0.167. The second-order valence-electron chi connectivity index (χ2n) is 7.07. The fourth-order valence-electron chi connectivity index (χ4n) is 3.87. The number of halogens is 1. The summed E-state index contributed by atoms with van der Waals surface area (Å²) in [7, 11) is 3.01. The van der Waals surface area contributed by atoms with Gasteiger partial charge in [0.25, 0.3) is 5.91 Å². The number of hydrogen-bond acceptors (Lipinski definition) is 4. The molecule has 0 saturated carbocycles. The van der Waals surface area contributed by atoms with Crippen LogP contribution in [0.4, 0.5) is 5.69 Å². The molecule has 3 aromatic carbocycles. The van der Waals surface area contributed by atoms with Crippen LogP contribution in [0.1, 0.15) is 27.5 Å². The number of benzene rings is 3. The normalized spacial score (nSPS) is 15.5. The van der Waals surface area contributed by atoms with Crippen LogP contribution in [0.3, 0.4) is 0 Å². The first-order chi connectivity index (χ1) is 15.0. The molecule has 0 aromatic heterocycles. The van der Waals surface area contributed by atoms with E-state index in [-0.39, 0.29) is 18.4 Å². The van der Waals surface area contributed by atoms with Crippen LogP contribution in [0.5, 0.6) is 11.5 Å². The highest BCUT2D eigenvalue weighted by Crippen LogP contribution is 2.39. The summed E-state index contributed by atoms with van der Waals surface area (Å²) in [6, 6.07) is 20.0. The van der Waals surface area contributed by atoms with Crippen molar-refractivity contribution in [2.45, 2.75) is 6.04 Å². The lowest BCUT2D eigenvalue weighted by Gasteiger charge is -2.31. The number of anilines is 1. The summed E-state index contributed by atoms with van der Waals surface area (Å²) in [6.45, 7) is -0.106. The molecule has 1 aliphatic rings. The van der Waals surface area contributed by atoms with Gasteiger partial charge in [-0.05, 0) is 35.9 Å². The van der Waals surface area contributed by atoms with E-state index < -0.39 is 6.04 Å². The summed E-state index contributed by atoms with van der Waals surface area (Å²) in [4.78, 5) is 28.2. The first-order valence-corrected chi connectivity index (χ1v) is 10.5. The van der Waals surface area contributed by atoms with Crippen molar-refractivity contribution in [1.82, 2.24) is 4.90 Å². The van der Waals surface area contributed by atoms with Gasteiger partial charge in [0, 0.05) is 15.7 Å². The van der Waals surface area contributed by atoms with Gasteiger partial charge in [0.1, 0.15) is 6.54 Å². The van der Waals surface area contributed by atoms with E-state index >= 15 is 0 Å². The molecular formula is C24H21BrN2O4. The molecule has 1 aliphatic heterocycles. The molecule has 0 radical (unpaired) electrons. The third-order valence-corrected chi connectivity index (χ3v) is 5.71. The largest absolute Gasteiger partial charge is 0.493 e. The number of para-hydroxylation sites is 1. The molecule has 0 saturated heterocycles. The van der Waals surface area contributed by atoms with E-state index in [1.807, 2.05) is 48.5 Å². The van der Waals surface area contributed by atoms with E-state index in [9.17, 15) is 9.59 Å². The summed E-state index contributed by atoms with van der Waals surface area (Å²) in [5, 5.41) is 2.93. The average Bonchev–Trinajstić information content (AvgIpc) is 2.94. The Labute approximate surface area is 188 Å². The van der Waals surface area contributed by atoms with E-state index in [0.29, 0.717) is 22.7 Å². The topological polar surface area (TPSA) is 67.9 Å². The zero-order chi connectivity index (χ0) is 22.0. The van der Waals surface area contributed by atoms with Crippen LogP contribution in [0, 0.1) is 0 Å². The Bertz CT molecular complexity index is 1130. The lowest BCUT2D eigenvalue weighted by Crippen LogP contribution is -2.39. The number of nitrogens with one attached hydrogen (secondary N) is 1. The van der Waals surface area contributed by atoms with Crippen molar-refractivity contribution < 1.29 is 19.1 Å². The predicted octanol–water partition coefficient (Wildman–Crippen LogP) is 4.65. The highest BCUT2D eigenvalue weighted by molar-refractivity contribution is 9.10. The van der Waals surface area contributed by atoms with Gasteiger partial charge in [0.15, 0.2) is 11.5 Å². The smallest absolute Gasteiger partial charge is 0.259 e. The lowest BCUT2D eigenvalue weighted by atomic mass is 9.95. The summed E-state index contributed by atoms with van der Waals surface area (Å²) in [5.74, 6) is 0.192. The Morgan fingerprint density at radius 2 is 1.81 bits per heavy atom. The van der Waals surface area contributed by atoms with E-state index in [1.54, 1.807) is 23.1 Å². The Morgan fingerprint density at radius 1 is 1.03 bits per heavy atom. The predicted molar refractivity (Wildman–Crippen MR) is 122 cm³/mol. The van der Waals surface area contributed by atoms with Crippen LogP contribution in [-0.2, 0) is 4.79 Å². The molecule has 1 unspecified atom stereocenters. The van der Waals surface area contributed by atoms with Crippen molar-refractivity contribution in [3.63, 3.8) is 0 Å². The van der Waals surface area contributed by atoms with Crippen LogP contribution in [-0.4, -0.2) is 37.5 Å². The number of fused-ring (bicyclic) bond motifs is 1. The third-order valence-electron chi connectivity index (χ3n) is 5.22. The van der Waals surface area contributed by atoms with Gasteiger partial charge in [0.05, 0.1) is 25.8 Å². The van der Waals surface area contributed by atoms with E-state index in [1.165, 1.54) is 14.2 Å². The van der Waals surface area contributed by atoms with Crippen LogP contribution in [0.2, 0.25) is 0 Å². The van der Waals surface area contributed by atoms with Crippen LogP contribution in [0.25, 0.3) is 0 Å². The Balaban J connectivity index is 1.91. The molecule has 0 spiro atoms. The van der Waals surface area contributed by atoms with Crippen molar-refractivity contribution in [2.75, 3.05) is 26.1 Å². The van der Waals surface area contributed by atoms with Crippen molar-refractivity contribution in [3.8, 4) is 11.5 Å². The molecule has 0 fully saturated rings. The van der Waals surface area contributed by atoms with Crippen molar-refractivity contribution in [3.05, 3.63) is 87.9 Å². The number of hydrogen-bond donors (Lipinski definition) is 1. The third kappa shape index (κ3) is 4.01. The molecule has 4 rings (SSSR count). The molecule has 31 heavy (non-hydrogen) atoms. The van der Waals surface area contributed by atoms with Crippen LogP contribution in [0.15, 0.2) is 71.2 Å². The van der Waals surface area contributed by atoms with Gasteiger partial charge in [0.2, 0.25) is 5.91 Å². The number of amides is 2. The molecular weight excluding hydrogens is 460 g/mol. The molecule has 1 heterocycles. The van der Waals surface area contributed by atoms with Gasteiger partial charge < -0.3 is 19.7 Å². The number of carbonyl (C=O) groups excluding carboxylic acids is 2. The number of carbonyl (C=O) groups is 2. The molecule has 7 heteroatoms. The second-order valence-corrected chi connectivity index (χ2v) is 7.98. The number of rotatable bonds is 4. The monoisotopic (exact) mass is 480 g/mol. The minimum absolute atomic E-state index is 0.106. The zero-order valence-corrected chi connectivity index (χ0v) is 18.7. The van der Waals surface area contributed by atoms with Crippen LogP contribution >= 0.6 is 15.9 Å². The minimum atomic E-state index is -0.476. The van der Waals surface area contributed by atoms with Gasteiger partial charge in [-0.2, -0.15) is 0 Å². The summed E-state index contributed by atoms with van der Waals surface area (Å²) in [5.41, 5.74) is 2.72. The minimum Gasteiger partial charge on any atom is -0.493 e. The van der Waals surface area contributed by atoms with E-state index in [4.69, 9.17) is 9.47 Å². The molecule has 1 atom stereocenters. The first kappa shape index (κ1) is 20.9. The first-order valence-electron chi connectivity index (χ1n) is 9.69. The maximum Gasteiger partial charge on any atom is 0.259 e. The SMILES string of the molecule is COc1cccc(C(=O)N2CC(=O)Nc3ccc(Br)cc3C2c2ccccc2)c1OC. The van der Waals surface area contributed by atoms with Crippen molar-refractivity contribution in [1.29, 1.82) is 0 Å². The Hall–Kier alpha value is -3.32. The molecule has 1 N–H and O–H groups in total. The van der Waals surface area contributed by atoms with Crippen molar-refractivity contribution >= 4 is 33.4 Å². The molecule has 3 aromatic rings. The quantitative estimate of drug-likeness (QED) is 0.589. The van der Waals surface area contributed by atoms with E-state index in [0.717, 1.165) is 15.6 Å². The summed E-state index contributed by atoms with van der Waals surface area (Å²) < 4.78 is 11.7. The Morgan fingerprint density at radius 3 is 2.52 bits per heavy atom. The number of methoxy groups -OCH3 is 2. The molecule has 6 nitrogen and oxygen atoms in total. The second kappa shape index (κ2) is 8.81. The number of ether oxygens (including phenoxy) is 2. The summed E-state index contributed by atoms with van der Waals surface area (Å²) >= 11 is 3.52. The van der Waals surface area contributed by atoms with Gasteiger partial charge in [-0.3, -0.25) is 9.59 Å². The fourth-order valence-corrected chi connectivity index (χ4v) is 4.25. The number of nitrogens with zero attached hydrogens (tertiary/aromatic N) is 1. The maximum absolute atomic E-state index is 13.8. The van der Waals surface area contributed by atoms with Gasteiger partial charge in [-0.25, -0.2) is 0 Å². The molecule has 2 amide bonds.